The van der Waals surface area contributed by atoms with Crippen LogP contribution in [0.15, 0.2) is 18.2 Å². The number of benzene rings is 1. The standard InChI is InChI=1S/C17H24N2OS/c1-12-7-9-14(17(18)21)11-15(12)19-16(20)10-8-13-5-3-2-4-6-13/h7,9,11,13H,2-6,8,10H2,1H3,(H2,18,21)(H,19,20). The van der Waals surface area contributed by atoms with E-state index in [0.29, 0.717) is 11.4 Å². The van der Waals surface area contributed by atoms with Gasteiger partial charge in [0.05, 0.1) is 0 Å². The van der Waals surface area contributed by atoms with E-state index >= 15 is 0 Å². The number of thiocarbonyl (C=S) groups is 1. The molecule has 0 heterocycles. The summed E-state index contributed by atoms with van der Waals surface area (Å²) >= 11 is 4.98. The van der Waals surface area contributed by atoms with Gasteiger partial charge in [-0.3, -0.25) is 4.79 Å². The minimum absolute atomic E-state index is 0.0868. The van der Waals surface area contributed by atoms with Crippen LogP contribution in [0.3, 0.4) is 0 Å². The maximum absolute atomic E-state index is 12.1. The van der Waals surface area contributed by atoms with Crippen molar-refractivity contribution >= 4 is 28.8 Å². The van der Waals surface area contributed by atoms with Gasteiger partial charge in [-0.1, -0.05) is 56.5 Å². The Morgan fingerprint density at radius 2 is 2.05 bits per heavy atom. The largest absolute Gasteiger partial charge is 0.389 e. The number of carbonyl (C=O) groups is 1. The third kappa shape index (κ3) is 4.81. The van der Waals surface area contributed by atoms with Crippen molar-refractivity contribution in [1.29, 1.82) is 0 Å². The van der Waals surface area contributed by atoms with Gasteiger partial charge in [0.2, 0.25) is 5.91 Å². The number of anilines is 1. The number of hydrogen-bond donors (Lipinski definition) is 2. The second kappa shape index (κ2) is 7.55. The molecule has 1 amide bonds. The molecule has 0 aromatic heterocycles. The topological polar surface area (TPSA) is 55.1 Å². The molecule has 0 atom stereocenters. The second-order valence-corrected chi connectivity index (χ2v) is 6.42. The molecule has 0 bridgehead atoms. The van der Waals surface area contributed by atoms with Crippen LogP contribution in [-0.2, 0) is 4.79 Å². The number of aryl methyl sites for hydroxylation is 1. The molecule has 0 aliphatic heterocycles. The summed E-state index contributed by atoms with van der Waals surface area (Å²) in [6, 6.07) is 5.68. The molecule has 114 valence electrons. The molecule has 21 heavy (non-hydrogen) atoms. The van der Waals surface area contributed by atoms with Crippen LogP contribution in [0, 0.1) is 12.8 Å². The highest BCUT2D eigenvalue weighted by Gasteiger charge is 2.15. The van der Waals surface area contributed by atoms with E-state index in [-0.39, 0.29) is 5.91 Å². The molecule has 1 aliphatic rings. The average Bonchev–Trinajstić information content (AvgIpc) is 2.48. The van der Waals surface area contributed by atoms with Gasteiger partial charge in [-0.2, -0.15) is 0 Å². The fraction of sp³-hybridized carbons (Fsp3) is 0.529. The van der Waals surface area contributed by atoms with Gasteiger partial charge in [-0.25, -0.2) is 0 Å². The highest BCUT2D eigenvalue weighted by atomic mass is 32.1. The van der Waals surface area contributed by atoms with E-state index in [4.69, 9.17) is 18.0 Å². The summed E-state index contributed by atoms with van der Waals surface area (Å²) in [7, 11) is 0. The summed E-state index contributed by atoms with van der Waals surface area (Å²) in [5.74, 6) is 0.817. The summed E-state index contributed by atoms with van der Waals surface area (Å²) in [5.41, 5.74) is 8.27. The Bertz CT molecular complexity index is 522. The number of nitrogens with one attached hydrogen (secondary N) is 1. The number of carbonyl (C=O) groups excluding carboxylic acids is 1. The first-order valence-electron chi connectivity index (χ1n) is 7.76. The molecule has 1 saturated carbocycles. The SMILES string of the molecule is Cc1ccc(C(N)=S)cc1NC(=O)CCC1CCCCC1. The van der Waals surface area contributed by atoms with Crippen molar-refractivity contribution in [3.63, 3.8) is 0 Å². The Morgan fingerprint density at radius 1 is 1.33 bits per heavy atom. The lowest BCUT2D eigenvalue weighted by molar-refractivity contribution is -0.116. The van der Waals surface area contributed by atoms with Crippen molar-refractivity contribution in [1.82, 2.24) is 0 Å². The minimum Gasteiger partial charge on any atom is -0.389 e. The summed E-state index contributed by atoms with van der Waals surface area (Å²) in [4.78, 5) is 12.5. The summed E-state index contributed by atoms with van der Waals surface area (Å²) in [6.45, 7) is 1.97. The van der Waals surface area contributed by atoms with Crippen LogP contribution in [0.5, 0.6) is 0 Å². The van der Waals surface area contributed by atoms with E-state index in [1.54, 1.807) is 0 Å². The zero-order valence-corrected chi connectivity index (χ0v) is 13.5. The summed E-state index contributed by atoms with van der Waals surface area (Å²) in [5, 5.41) is 2.99. The van der Waals surface area contributed by atoms with Crippen molar-refractivity contribution in [2.45, 2.75) is 51.9 Å². The van der Waals surface area contributed by atoms with Crippen molar-refractivity contribution in [3.8, 4) is 0 Å². The molecular formula is C17H24N2OS. The van der Waals surface area contributed by atoms with Crippen molar-refractivity contribution in [3.05, 3.63) is 29.3 Å². The summed E-state index contributed by atoms with van der Waals surface area (Å²) in [6.07, 6.45) is 8.16. The predicted molar refractivity (Wildman–Crippen MR) is 91.5 cm³/mol. The average molecular weight is 304 g/mol. The smallest absolute Gasteiger partial charge is 0.224 e. The van der Waals surface area contributed by atoms with Gasteiger partial charge in [-0.05, 0) is 30.9 Å². The maximum Gasteiger partial charge on any atom is 0.224 e. The van der Waals surface area contributed by atoms with Crippen LogP contribution in [0.25, 0.3) is 0 Å². The van der Waals surface area contributed by atoms with Gasteiger partial charge in [0.15, 0.2) is 0 Å². The van der Waals surface area contributed by atoms with Crippen molar-refractivity contribution in [2.24, 2.45) is 11.7 Å². The van der Waals surface area contributed by atoms with Gasteiger partial charge in [0.25, 0.3) is 0 Å². The fourth-order valence-corrected chi connectivity index (χ4v) is 3.06. The molecule has 1 aromatic carbocycles. The quantitative estimate of drug-likeness (QED) is 0.810. The first kappa shape index (κ1) is 16.0. The Hall–Kier alpha value is -1.42. The number of nitrogens with two attached hydrogens (primary N) is 1. The van der Waals surface area contributed by atoms with Crippen LogP contribution in [-0.4, -0.2) is 10.9 Å². The number of amides is 1. The normalized spacial score (nSPS) is 15.7. The van der Waals surface area contributed by atoms with Crippen LogP contribution < -0.4 is 11.1 Å². The van der Waals surface area contributed by atoms with Crippen LogP contribution in [0.2, 0.25) is 0 Å². The number of hydrogen-bond acceptors (Lipinski definition) is 2. The summed E-state index contributed by atoms with van der Waals surface area (Å²) < 4.78 is 0. The predicted octanol–water partition coefficient (Wildman–Crippen LogP) is 3.93. The molecule has 0 spiro atoms. The van der Waals surface area contributed by atoms with Crippen LogP contribution >= 0.6 is 12.2 Å². The van der Waals surface area contributed by atoms with Crippen LogP contribution in [0.1, 0.15) is 56.1 Å². The van der Waals surface area contributed by atoms with E-state index in [0.717, 1.165) is 29.2 Å². The molecule has 1 aromatic rings. The molecule has 3 N–H and O–H groups in total. The second-order valence-electron chi connectivity index (χ2n) is 5.98. The Labute approximate surface area is 132 Å². The molecule has 1 aliphatic carbocycles. The molecule has 3 nitrogen and oxygen atoms in total. The molecule has 0 saturated heterocycles. The molecular weight excluding hydrogens is 280 g/mol. The van der Waals surface area contributed by atoms with Crippen molar-refractivity contribution < 1.29 is 4.79 Å². The monoisotopic (exact) mass is 304 g/mol. The highest BCUT2D eigenvalue weighted by molar-refractivity contribution is 7.80. The van der Waals surface area contributed by atoms with Gasteiger partial charge < -0.3 is 11.1 Å². The maximum atomic E-state index is 12.1. The van der Waals surface area contributed by atoms with Crippen molar-refractivity contribution in [2.75, 3.05) is 5.32 Å². The van der Waals surface area contributed by atoms with Gasteiger partial charge in [0, 0.05) is 17.7 Å². The Morgan fingerprint density at radius 3 is 2.71 bits per heavy atom. The first-order valence-corrected chi connectivity index (χ1v) is 8.17. The lowest BCUT2D eigenvalue weighted by Gasteiger charge is -2.21. The van der Waals surface area contributed by atoms with Gasteiger partial charge >= 0.3 is 0 Å². The van der Waals surface area contributed by atoms with E-state index in [2.05, 4.69) is 5.32 Å². The third-order valence-electron chi connectivity index (χ3n) is 4.30. The van der Waals surface area contributed by atoms with E-state index in [1.165, 1.54) is 32.1 Å². The minimum atomic E-state index is 0.0868. The molecule has 4 heteroatoms. The molecule has 0 radical (unpaired) electrons. The molecule has 1 fully saturated rings. The zero-order chi connectivity index (χ0) is 15.2. The molecule has 0 unspecified atom stereocenters. The van der Waals surface area contributed by atoms with E-state index < -0.39 is 0 Å². The van der Waals surface area contributed by atoms with Gasteiger partial charge in [0.1, 0.15) is 4.99 Å². The number of rotatable bonds is 5. The van der Waals surface area contributed by atoms with E-state index in [9.17, 15) is 4.79 Å². The van der Waals surface area contributed by atoms with Gasteiger partial charge in [-0.15, -0.1) is 0 Å². The zero-order valence-electron chi connectivity index (χ0n) is 12.7. The third-order valence-corrected chi connectivity index (χ3v) is 4.54. The van der Waals surface area contributed by atoms with Crippen LogP contribution in [0.4, 0.5) is 5.69 Å². The first-order chi connectivity index (χ1) is 10.1. The fourth-order valence-electron chi connectivity index (χ4n) is 2.93. The van der Waals surface area contributed by atoms with E-state index in [1.807, 2.05) is 25.1 Å². The Balaban J connectivity index is 1.89. The lowest BCUT2D eigenvalue weighted by Crippen LogP contribution is -2.16. The highest BCUT2D eigenvalue weighted by Crippen LogP contribution is 2.27. The molecule has 2 rings (SSSR count). The lowest BCUT2D eigenvalue weighted by atomic mass is 9.86. The Kier molecular flexibility index (Phi) is 5.74.